The van der Waals surface area contributed by atoms with Crippen LogP contribution in [0.15, 0.2) is 63.3 Å². The lowest BCUT2D eigenvalue weighted by Gasteiger charge is -2.31. The summed E-state index contributed by atoms with van der Waals surface area (Å²) >= 11 is 0. The van der Waals surface area contributed by atoms with Gasteiger partial charge in [0.25, 0.3) is 0 Å². The minimum atomic E-state index is -5.03. The number of hydrogen-bond donors (Lipinski definition) is 1. The van der Waals surface area contributed by atoms with Crippen molar-refractivity contribution in [2.24, 2.45) is 0 Å². The number of carboxylic acids is 1. The third-order valence-electron chi connectivity index (χ3n) is 6.77. The summed E-state index contributed by atoms with van der Waals surface area (Å²) in [6, 6.07) is 5.69. The van der Waals surface area contributed by atoms with Crippen LogP contribution in [0.2, 0.25) is 0 Å². The quantitative estimate of drug-likeness (QED) is 0.390. The molecule has 15 heteroatoms. The van der Waals surface area contributed by atoms with E-state index in [9.17, 15) is 34.8 Å². The minimum absolute atomic E-state index is 0.0774. The number of rotatable bonds is 9. The Hall–Kier alpha value is -3.43. The number of methoxy groups -OCH3 is 1. The fourth-order valence-electron chi connectivity index (χ4n) is 4.63. The summed E-state index contributed by atoms with van der Waals surface area (Å²) in [4.78, 5) is 8.98. The molecule has 1 aromatic heterocycles. The maximum absolute atomic E-state index is 13.8. The molecule has 1 atom stereocenters. The zero-order valence-electron chi connectivity index (χ0n) is 21.4. The third-order valence-corrected chi connectivity index (χ3v) is 10.4. The highest BCUT2D eigenvalue weighted by atomic mass is 32.2. The number of halogens is 3. The zero-order valence-corrected chi connectivity index (χ0v) is 23.1. The first-order chi connectivity index (χ1) is 18.7. The first-order valence-electron chi connectivity index (χ1n) is 12.0. The number of ether oxygens (including phenoxy) is 1. The number of nitrogens with zero attached hydrogens (tertiary/aromatic N) is 3. The third kappa shape index (κ3) is 5.71. The Kier molecular flexibility index (Phi) is 8.02. The van der Waals surface area contributed by atoms with Crippen LogP contribution in [0.1, 0.15) is 42.1 Å². The summed E-state index contributed by atoms with van der Waals surface area (Å²) in [6.07, 6.45) is -2.41. The molecule has 0 radical (unpaired) electrons. The fraction of sp³-hybridized carbons (Fsp3) is 0.360. The lowest BCUT2D eigenvalue weighted by Crippen LogP contribution is -2.33. The number of hydrogen-bond acceptors (Lipinski definition) is 7. The van der Waals surface area contributed by atoms with Crippen LogP contribution in [-0.2, 0) is 43.8 Å². The van der Waals surface area contributed by atoms with Crippen molar-refractivity contribution in [2.45, 2.75) is 59.1 Å². The molecule has 0 saturated carbocycles. The van der Waals surface area contributed by atoms with Gasteiger partial charge in [-0.25, -0.2) is 16.8 Å². The van der Waals surface area contributed by atoms with Gasteiger partial charge in [-0.05, 0) is 61.7 Å². The van der Waals surface area contributed by atoms with Crippen molar-refractivity contribution in [2.75, 3.05) is 14.2 Å². The van der Waals surface area contributed by atoms with Crippen LogP contribution in [0, 0.1) is 0 Å². The molecule has 0 aliphatic heterocycles. The Morgan fingerprint density at radius 3 is 2.35 bits per heavy atom. The molecule has 0 amide bonds. The molecule has 0 bridgehead atoms. The molecule has 40 heavy (non-hydrogen) atoms. The van der Waals surface area contributed by atoms with E-state index in [4.69, 9.17) is 9.84 Å². The topological polar surface area (TPSA) is 136 Å². The summed E-state index contributed by atoms with van der Waals surface area (Å²) < 4.78 is 103. The normalized spacial score (nSPS) is 16.1. The van der Waals surface area contributed by atoms with E-state index < -0.39 is 53.4 Å². The van der Waals surface area contributed by atoms with E-state index in [1.165, 1.54) is 37.2 Å². The Bertz CT molecular complexity index is 1630. The van der Waals surface area contributed by atoms with Gasteiger partial charge in [0.1, 0.15) is 5.75 Å². The second-order valence-electron chi connectivity index (χ2n) is 9.21. The van der Waals surface area contributed by atoms with Gasteiger partial charge in [-0.2, -0.15) is 22.6 Å². The first-order valence-corrected chi connectivity index (χ1v) is 14.9. The Labute approximate surface area is 229 Å². The van der Waals surface area contributed by atoms with E-state index in [2.05, 4.69) is 5.10 Å². The van der Waals surface area contributed by atoms with E-state index in [0.717, 1.165) is 22.5 Å². The van der Waals surface area contributed by atoms with Gasteiger partial charge in [0.15, 0.2) is 0 Å². The molecule has 0 fully saturated rings. The van der Waals surface area contributed by atoms with Crippen molar-refractivity contribution < 1.29 is 44.6 Å². The van der Waals surface area contributed by atoms with E-state index in [0.29, 0.717) is 48.4 Å². The number of sulfonamides is 1. The number of aromatic nitrogens is 2. The van der Waals surface area contributed by atoms with Crippen LogP contribution in [0.4, 0.5) is 13.2 Å². The lowest BCUT2D eigenvalue weighted by molar-refractivity contribution is -0.138. The second kappa shape index (κ2) is 10.9. The van der Waals surface area contributed by atoms with E-state index in [1.54, 1.807) is 0 Å². The standard InChI is InChI=1S/C25H26F3N3O7S2/c1-30(22-4-3-5-23-21(22)15-29-31(23)11-10-24(32)33)40(36,37)20-13-16(25(26,27)28)12-19(14-20)39(34,35)18-8-6-17(38-2)7-9-18/h6-9,12-15,22H,3-5,10-11H2,1-2H3,(H,32,33)/t22-/m1/s1. The molecule has 0 saturated heterocycles. The average Bonchev–Trinajstić information content (AvgIpc) is 3.34. The first kappa shape index (κ1) is 29.6. The molecule has 4 rings (SSSR count). The summed E-state index contributed by atoms with van der Waals surface area (Å²) in [6.45, 7) is 0.0774. The Morgan fingerprint density at radius 2 is 1.75 bits per heavy atom. The van der Waals surface area contributed by atoms with E-state index in [-0.39, 0.29) is 17.9 Å². The van der Waals surface area contributed by atoms with Gasteiger partial charge >= 0.3 is 12.1 Å². The molecule has 1 heterocycles. The van der Waals surface area contributed by atoms with Crippen molar-refractivity contribution in [3.63, 3.8) is 0 Å². The van der Waals surface area contributed by atoms with Gasteiger partial charge in [0.05, 0.1) is 52.6 Å². The Balaban J connectivity index is 1.77. The van der Waals surface area contributed by atoms with Gasteiger partial charge in [-0.15, -0.1) is 0 Å². The molecule has 1 aliphatic carbocycles. The summed E-state index contributed by atoms with van der Waals surface area (Å²) in [5.74, 6) is -0.702. The molecule has 1 N–H and O–H groups in total. The summed E-state index contributed by atoms with van der Waals surface area (Å²) in [5.41, 5.74) is -0.271. The average molecular weight is 602 g/mol. The van der Waals surface area contributed by atoms with Gasteiger partial charge in [0.2, 0.25) is 19.9 Å². The lowest BCUT2D eigenvalue weighted by atomic mass is 9.93. The highest BCUT2D eigenvalue weighted by Gasteiger charge is 2.38. The van der Waals surface area contributed by atoms with E-state index in [1.807, 2.05) is 0 Å². The number of alkyl halides is 3. The summed E-state index contributed by atoms with van der Waals surface area (Å²) in [7, 11) is -6.61. The fourth-order valence-corrected chi connectivity index (χ4v) is 7.48. The number of benzene rings is 2. The molecule has 1 aliphatic rings. The van der Waals surface area contributed by atoms with Crippen molar-refractivity contribution in [1.29, 1.82) is 0 Å². The van der Waals surface area contributed by atoms with Gasteiger partial charge in [-0.3, -0.25) is 9.48 Å². The number of carboxylic acid groups (broad SMARTS) is 1. The van der Waals surface area contributed by atoms with Gasteiger partial charge < -0.3 is 9.84 Å². The van der Waals surface area contributed by atoms with Crippen LogP contribution >= 0.6 is 0 Å². The van der Waals surface area contributed by atoms with Crippen LogP contribution in [-0.4, -0.2) is 56.2 Å². The van der Waals surface area contributed by atoms with Crippen LogP contribution in [0.3, 0.4) is 0 Å². The largest absolute Gasteiger partial charge is 0.497 e. The molecular formula is C25H26F3N3O7S2. The minimum Gasteiger partial charge on any atom is -0.497 e. The van der Waals surface area contributed by atoms with Crippen molar-refractivity contribution in [3.05, 3.63) is 65.5 Å². The molecule has 10 nitrogen and oxygen atoms in total. The monoisotopic (exact) mass is 601 g/mol. The Morgan fingerprint density at radius 1 is 1.10 bits per heavy atom. The number of aliphatic carboxylic acids is 1. The molecule has 2 aromatic carbocycles. The molecule has 3 aromatic rings. The van der Waals surface area contributed by atoms with Crippen LogP contribution in [0.25, 0.3) is 0 Å². The highest BCUT2D eigenvalue weighted by molar-refractivity contribution is 7.91. The van der Waals surface area contributed by atoms with Gasteiger partial charge in [0, 0.05) is 18.3 Å². The maximum atomic E-state index is 13.8. The molecule has 0 unspecified atom stereocenters. The summed E-state index contributed by atoms with van der Waals surface area (Å²) in [5, 5.41) is 13.2. The van der Waals surface area contributed by atoms with E-state index >= 15 is 0 Å². The SMILES string of the molecule is COc1ccc(S(=O)(=O)c2cc(C(F)(F)F)cc(S(=O)(=O)N(C)[C@@H]3CCCc4c3cnn4CCC(=O)O)c2)cc1. The smallest absolute Gasteiger partial charge is 0.416 e. The number of carbonyl (C=O) groups is 1. The predicted octanol–water partition coefficient (Wildman–Crippen LogP) is 3.92. The molecule has 0 spiro atoms. The van der Waals surface area contributed by atoms with Gasteiger partial charge in [-0.1, -0.05) is 0 Å². The van der Waals surface area contributed by atoms with Crippen molar-refractivity contribution in [1.82, 2.24) is 14.1 Å². The number of fused-ring (bicyclic) bond motifs is 1. The maximum Gasteiger partial charge on any atom is 0.416 e. The van der Waals surface area contributed by atoms with Crippen molar-refractivity contribution in [3.8, 4) is 5.75 Å². The highest BCUT2D eigenvalue weighted by Crippen LogP contribution is 2.39. The van der Waals surface area contributed by atoms with Crippen LogP contribution < -0.4 is 4.74 Å². The number of aryl methyl sites for hydroxylation is 1. The molecule has 216 valence electrons. The molecular weight excluding hydrogens is 575 g/mol. The second-order valence-corrected chi connectivity index (χ2v) is 13.2. The van der Waals surface area contributed by atoms with Crippen LogP contribution in [0.5, 0.6) is 5.75 Å². The van der Waals surface area contributed by atoms with Crippen molar-refractivity contribution >= 4 is 25.8 Å². The predicted molar refractivity (Wildman–Crippen MR) is 135 cm³/mol. The number of sulfone groups is 1. The zero-order chi connectivity index (χ0) is 29.5.